The van der Waals surface area contributed by atoms with Crippen molar-refractivity contribution in [1.82, 2.24) is 55.7 Å². The first-order valence-electron chi connectivity index (χ1n) is 30.3. The second-order valence-electron chi connectivity index (χ2n) is 23.8. The lowest BCUT2D eigenvalue weighted by Gasteiger charge is -2.29. The number of aliphatic hydroxyl groups excluding tert-OH is 1. The average molecular weight is 1430 g/mol. The van der Waals surface area contributed by atoms with E-state index in [0.29, 0.717) is 64.4 Å². The largest absolute Gasteiger partial charge is 0.460 e. The van der Waals surface area contributed by atoms with Crippen molar-refractivity contribution in [1.29, 1.82) is 0 Å². The first kappa shape index (κ1) is 68.9. The first-order valence-corrected chi connectivity index (χ1v) is 35.5. The lowest BCUT2D eigenvalue weighted by molar-refractivity contribution is -0.155. The zero-order chi connectivity index (χ0) is 69.0. The number of ketones is 1. The number of fused-ring (bicyclic) bond motifs is 16. The molecule has 7 atom stereocenters. The summed E-state index contributed by atoms with van der Waals surface area (Å²) in [6.45, 7) is 9.89. The molecule has 502 valence electrons. The van der Waals surface area contributed by atoms with Gasteiger partial charge in [-0.15, -0.1) is 68.0 Å². The Morgan fingerprint density at radius 1 is 0.722 bits per heavy atom. The lowest BCUT2D eigenvalue weighted by atomic mass is 9.90. The van der Waals surface area contributed by atoms with Crippen LogP contribution in [-0.4, -0.2) is 129 Å². The summed E-state index contributed by atoms with van der Waals surface area (Å²) in [5.74, 6) is -6.59. The van der Waals surface area contributed by atoms with E-state index in [-0.39, 0.29) is 77.3 Å². The number of hydrogen-bond donors (Lipinski definition) is 6. The Morgan fingerprint density at radius 3 is 2.08 bits per heavy atom. The van der Waals surface area contributed by atoms with Crippen molar-refractivity contribution in [2.24, 2.45) is 17.4 Å². The molecule has 0 saturated carbocycles. The summed E-state index contributed by atoms with van der Waals surface area (Å²) in [5.41, 5.74) is 13.4. The summed E-state index contributed by atoms with van der Waals surface area (Å²) in [5, 5.41) is 30.7. The fourth-order valence-corrected chi connectivity index (χ4v) is 16.3. The van der Waals surface area contributed by atoms with Gasteiger partial charge < -0.3 is 51.6 Å². The number of thiazole rings is 6. The Hall–Kier alpha value is -9.44. The average Bonchev–Trinajstić information content (AvgIpc) is 1.65. The van der Waals surface area contributed by atoms with E-state index in [1.54, 1.807) is 105 Å². The predicted octanol–water partition coefficient (Wildman–Crippen LogP) is 9.35. The van der Waals surface area contributed by atoms with Gasteiger partial charge in [-0.05, 0) is 69.5 Å². The Bertz CT molecular complexity index is 4480. The van der Waals surface area contributed by atoms with Crippen LogP contribution >= 0.6 is 68.0 Å². The number of nitrogens with zero attached hydrogens (tertiary/aromatic N) is 8. The van der Waals surface area contributed by atoms with E-state index in [4.69, 9.17) is 55.6 Å². The van der Waals surface area contributed by atoms with Crippen molar-refractivity contribution < 1.29 is 62.5 Å². The maximum absolute atomic E-state index is 15.8. The summed E-state index contributed by atoms with van der Waals surface area (Å²) in [7, 11) is 0. The molecule has 1 saturated heterocycles. The number of nitrogens with two attached hydrogens (primary N) is 2. The first-order chi connectivity index (χ1) is 46.3. The van der Waals surface area contributed by atoms with Gasteiger partial charge in [0, 0.05) is 81.9 Å². The van der Waals surface area contributed by atoms with E-state index in [9.17, 15) is 43.5 Å². The quantitative estimate of drug-likeness (QED) is 0.0335. The van der Waals surface area contributed by atoms with Gasteiger partial charge in [0.1, 0.15) is 88.4 Å². The molecule has 1 fully saturated rings. The van der Waals surface area contributed by atoms with Crippen molar-refractivity contribution in [3.63, 3.8) is 0 Å². The van der Waals surface area contributed by atoms with Crippen LogP contribution in [-0.2, 0) is 35.1 Å². The van der Waals surface area contributed by atoms with Crippen LogP contribution in [0, 0.1) is 12.8 Å². The number of nitrogens with one attached hydrogen (secondary N) is 3. The molecule has 8 N–H and O–H groups in total. The molecule has 0 unspecified atom stereocenters. The summed E-state index contributed by atoms with van der Waals surface area (Å²) in [6, 6.07) is 15.0. The topological polar surface area (TPSA) is 383 Å². The molecule has 2 aromatic carbocycles. The Kier molecular flexibility index (Phi) is 21.0. The third-order valence-corrected chi connectivity index (χ3v) is 21.1. The SMILES string of the molecule is CC(=O)Oc1ccc(C[C@@H]2NC(=O)c3csc(n3)[C@H]([C@H](O)c3ccccc3)CC(=O)c3nc(sc3C)[C@H](CC(N)=O)NC(=O)c3csc(n3)-c3ccc(-c4nc(C(N)=O)cs4)nc3-c3csc(n3)-c3csc(n3)[C@@H]3[C@@H](C)[C@@H](OC(=O)NCCCC(=O)OC(C)(C)C)CN3C2=O)cc1. The number of Topliss-reactive ketones (excluding diaryl/α,β-unsaturated/α-hetero) is 1. The maximum atomic E-state index is 15.8. The van der Waals surface area contributed by atoms with E-state index >= 15 is 4.79 Å². The second-order valence-corrected chi connectivity index (χ2v) is 29.4. The fraction of sp³-hybridized carbons (Fsp3) is 0.323. The van der Waals surface area contributed by atoms with Gasteiger partial charge >= 0.3 is 18.0 Å². The van der Waals surface area contributed by atoms with E-state index < -0.39 is 108 Å². The molecule has 0 aliphatic carbocycles. The molecular formula is C65H63N13O13S6. The molecule has 0 spiro atoms. The highest BCUT2D eigenvalue weighted by Crippen LogP contribution is 2.44. The molecule has 6 amide bonds. The van der Waals surface area contributed by atoms with Crippen molar-refractivity contribution in [2.75, 3.05) is 13.1 Å². The zero-order valence-electron chi connectivity index (χ0n) is 52.8. The Labute approximate surface area is 578 Å². The molecule has 97 heavy (non-hydrogen) atoms. The summed E-state index contributed by atoms with van der Waals surface area (Å²) >= 11 is 6.81. The summed E-state index contributed by atoms with van der Waals surface area (Å²) < 4.78 is 16.8. The minimum atomic E-state index is -1.36. The minimum absolute atomic E-state index is 0.00473. The monoisotopic (exact) mass is 1430 g/mol. The highest BCUT2D eigenvalue weighted by Gasteiger charge is 2.48. The predicted molar refractivity (Wildman–Crippen MR) is 363 cm³/mol. The second kappa shape index (κ2) is 29.5. The van der Waals surface area contributed by atoms with E-state index in [0.717, 1.165) is 45.3 Å². The molecule has 9 heterocycles. The number of aliphatic hydroxyl groups is 1. The van der Waals surface area contributed by atoms with Crippen molar-refractivity contribution in [3.05, 3.63) is 147 Å². The number of aromatic nitrogens is 7. The smallest absolute Gasteiger partial charge is 0.407 e. The third kappa shape index (κ3) is 16.4. The number of rotatable bonds is 14. The molecule has 9 aromatic rings. The summed E-state index contributed by atoms with van der Waals surface area (Å²) in [6.07, 6.45) is -3.73. The van der Waals surface area contributed by atoms with E-state index in [1.165, 1.54) is 50.6 Å². The third-order valence-electron chi connectivity index (χ3n) is 15.5. The molecule has 10 bridgehead atoms. The van der Waals surface area contributed by atoms with Crippen LogP contribution in [0.5, 0.6) is 5.75 Å². The number of benzene rings is 2. The number of carbonyl (C=O) groups is 9. The molecule has 26 nitrogen and oxygen atoms in total. The molecular weight excluding hydrogens is 1360 g/mol. The molecule has 32 heteroatoms. The van der Waals surface area contributed by atoms with Crippen LogP contribution in [0.3, 0.4) is 0 Å². The lowest BCUT2D eigenvalue weighted by Crippen LogP contribution is -2.50. The van der Waals surface area contributed by atoms with E-state index in [2.05, 4.69) is 20.9 Å². The number of ether oxygens (including phenoxy) is 3. The number of primary amides is 2. The number of esters is 2. The zero-order valence-corrected chi connectivity index (χ0v) is 57.7. The number of hydrogen-bond acceptors (Lipinski definition) is 26. The Balaban J connectivity index is 1.01. The van der Waals surface area contributed by atoms with Gasteiger partial charge in [-0.2, -0.15) is 0 Å². The van der Waals surface area contributed by atoms with Crippen LogP contribution in [0.15, 0.2) is 93.6 Å². The van der Waals surface area contributed by atoms with Crippen molar-refractivity contribution in [3.8, 4) is 49.1 Å². The van der Waals surface area contributed by atoms with E-state index in [1.807, 2.05) is 6.92 Å². The number of alkyl carbamates (subject to hydrolysis) is 1. The fourth-order valence-electron chi connectivity index (χ4n) is 10.9. The van der Waals surface area contributed by atoms with Crippen LogP contribution in [0.25, 0.3) is 43.4 Å². The van der Waals surface area contributed by atoms with Crippen LogP contribution < -0.4 is 32.2 Å². The van der Waals surface area contributed by atoms with Crippen LogP contribution in [0.1, 0.15) is 157 Å². The molecule has 2 aliphatic rings. The van der Waals surface area contributed by atoms with Crippen LogP contribution in [0.4, 0.5) is 4.79 Å². The summed E-state index contributed by atoms with van der Waals surface area (Å²) in [4.78, 5) is 158. The molecule has 2 aliphatic heterocycles. The van der Waals surface area contributed by atoms with Gasteiger partial charge in [0.2, 0.25) is 11.8 Å². The Morgan fingerprint density at radius 2 is 1.37 bits per heavy atom. The van der Waals surface area contributed by atoms with Gasteiger partial charge in [-0.3, -0.25) is 38.4 Å². The number of pyridine rings is 1. The van der Waals surface area contributed by atoms with Gasteiger partial charge in [-0.1, -0.05) is 49.4 Å². The highest BCUT2D eigenvalue weighted by molar-refractivity contribution is 7.15. The standard InChI is InChI=1S/C65H63N13O13S6/c1-30-47(90-64(88)68-20-10-13-49(82)91-65(4,5)6)24-78-52(30)62-76-45(29-96-62)60-72-41(25-94-60)51-36(18-19-38(69-51)59-73-42(26-95-59)54(67)84)57-74-43(27-92-57)55(85)70-39(23-48(66)81)61-77-50(31(2)97-61)46(80)22-37(53(83)34-11-8-7-9-12-34)58-75-44(28-93-58)56(86)71-40(63(78)87)21-33-14-16-35(17-15-33)89-32(3)79/h7-9,11-12,14-19,25-30,37,39-40,47,52-53,83H,10,13,20-24H2,1-6H3,(H2,66,81)(H2,67,84)(H,68,88)(H,70,85)(H,71,86)/t30-,37-,39-,40-,47-,52-,53+/m0/s1. The molecule has 0 radical (unpaired) electrons. The maximum Gasteiger partial charge on any atom is 0.407 e. The number of amides is 6. The number of aryl methyl sites for hydroxylation is 1. The minimum Gasteiger partial charge on any atom is -0.460 e. The van der Waals surface area contributed by atoms with Crippen LogP contribution in [0.2, 0.25) is 0 Å². The molecule has 7 aromatic heterocycles. The van der Waals surface area contributed by atoms with Gasteiger partial charge in [-0.25, -0.2) is 39.7 Å². The molecule has 11 rings (SSSR count). The highest BCUT2D eigenvalue weighted by atomic mass is 32.1. The van der Waals surface area contributed by atoms with Gasteiger partial charge in [0.05, 0.1) is 41.9 Å². The number of carbonyl (C=O) groups excluding carboxylic acids is 9. The van der Waals surface area contributed by atoms with Crippen molar-refractivity contribution >= 4 is 121 Å². The van der Waals surface area contributed by atoms with Gasteiger partial charge in [0.15, 0.2) is 5.78 Å². The van der Waals surface area contributed by atoms with Gasteiger partial charge in [0.25, 0.3) is 17.7 Å². The normalized spacial score (nSPS) is 18.6. The van der Waals surface area contributed by atoms with Crippen molar-refractivity contribution in [2.45, 2.75) is 115 Å².